The maximum absolute atomic E-state index is 12.5. The molecule has 3 aliphatic heterocycles. The van der Waals surface area contributed by atoms with Crippen LogP contribution in [-0.4, -0.2) is 73.5 Å². The van der Waals surface area contributed by atoms with Crippen LogP contribution in [-0.2, 0) is 4.74 Å². The second kappa shape index (κ2) is 7.31. The Morgan fingerprint density at radius 3 is 2.50 bits per heavy atom. The summed E-state index contributed by atoms with van der Waals surface area (Å²) in [6.07, 6.45) is 2.99. The van der Waals surface area contributed by atoms with Gasteiger partial charge in [-0.25, -0.2) is 9.98 Å². The fourth-order valence-electron chi connectivity index (χ4n) is 4.11. The van der Waals surface area contributed by atoms with Crippen LogP contribution in [0.25, 0.3) is 0 Å². The molecule has 30 heavy (non-hydrogen) atoms. The average Bonchev–Trinajstić information content (AvgIpc) is 3.46. The van der Waals surface area contributed by atoms with Crippen LogP contribution in [0.1, 0.15) is 51.7 Å². The molecule has 2 N–H and O–H groups in total. The summed E-state index contributed by atoms with van der Waals surface area (Å²) in [7, 11) is 0. The Morgan fingerprint density at radius 2 is 1.83 bits per heavy atom. The quantitative estimate of drug-likeness (QED) is 0.699. The minimum absolute atomic E-state index is 0.0368. The number of amides is 2. The predicted molar refractivity (Wildman–Crippen MR) is 104 cm³/mol. The van der Waals surface area contributed by atoms with Crippen molar-refractivity contribution in [3.8, 4) is 0 Å². The van der Waals surface area contributed by atoms with Gasteiger partial charge in [-0.2, -0.15) is 0 Å². The van der Waals surface area contributed by atoms with Gasteiger partial charge in [0.05, 0.1) is 36.5 Å². The molecule has 1 aromatic carbocycles. The Balaban J connectivity index is 1.28. The maximum atomic E-state index is 12.5. The number of aliphatic imine (C=N–C) groups is 1. The second-order valence-corrected chi connectivity index (χ2v) is 7.50. The van der Waals surface area contributed by atoms with E-state index in [1.165, 1.54) is 16.1 Å². The average molecular weight is 411 g/mol. The van der Waals surface area contributed by atoms with Gasteiger partial charge in [-0.3, -0.25) is 19.1 Å². The molecule has 3 aliphatic rings. The van der Waals surface area contributed by atoms with E-state index in [-0.39, 0.29) is 43.8 Å². The summed E-state index contributed by atoms with van der Waals surface area (Å²) in [5.74, 6) is -0.162. The van der Waals surface area contributed by atoms with E-state index >= 15 is 0 Å². The molecule has 3 atom stereocenters. The Morgan fingerprint density at radius 1 is 1.10 bits per heavy atom. The van der Waals surface area contributed by atoms with Crippen LogP contribution < -0.4 is 0 Å². The first kappa shape index (κ1) is 18.9. The Hall–Kier alpha value is -3.08. The molecular formula is C20H21N5O5. The van der Waals surface area contributed by atoms with Crippen molar-refractivity contribution in [1.29, 1.82) is 0 Å². The number of benzene rings is 1. The molecule has 0 saturated carbocycles. The van der Waals surface area contributed by atoms with Crippen molar-refractivity contribution in [2.75, 3.05) is 19.7 Å². The smallest absolute Gasteiger partial charge is 0.261 e. The third kappa shape index (κ3) is 2.92. The molecule has 0 aliphatic carbocycles. The fourth-order valence-corrected chi connectivity index (χ4v) is 4.11. The fraction of sp³-hybridized carbons (Fsp3) is 0.400. The van der Waals surface area contributed by atoms with E-state index in [2.05, 4.69) is 9.98 Å². The Labute approximate surface area is 172 Å². The highest BCUT2D eigenvalue weighted by Gasteiger charge is 2.36. The van der Waals surface area contributed by atoms with Crippen LogP contribution in [0.5, 0.6) is 0 Å². The molecule has 1 saturated heterocycles. The van der Waals surface area contributed by atoms with Crippen molar-refractivity contribution < 1.29 is 24.5 Å². The highest BCUT2D eigenvalue weighted by molar-refractivity contribution is 6.21. The van der Waals surface area contributed by atoms with E-state index in [0.717, 1.165) is 12.8 Å². The minimum atomic E-state index is -1.05. The predicted octanol–water partition coefficient (Wildman–Crippen LogP) is 0.815. The second-order valence-electron chi connectivity index (χ2n) is 7.50. The molecule has 2 aromatic rings. The van der Waals surface area contributed by atoms with Gasteiger partial charge in [-0.15, -0.1) is 0 Å². The van der Waals surface area contributed by atoms with Gasteiger partial charge in [0, 0.05) is 13.1 Å². The number of aliphatic hydroxyl groups is 2. The van der Waals surface area contributed by atoms with Gasteiger partial charge in [0.15, 0.2) is 12.0 Å². The number of carbonyl (C=O) groups is 2. The first-order chi connectivity index (χ1) is 14.6. The summed E-state index contributed by atoms with van der Waals surface area (Å²) in [5.41, 5.74) is 1.18. The van der Waals surface area contributed by atoms with Crippen LogP contribution in [0.4, 0.5) is 5.82 Å². The molecular weight excluding hydrogens is 390 g/mol. The van der Waals surface area contributed by atoms with Gasteiger partial charge in [-0.05, 0) is 25.0 Å². The van der Waals surface area contributed by atoms with Crippen molar-refractivity contribution in [2.45, 2.75) is 31.4 Å². The molecule has 0 radical (unpaired) electrons. The van der Waals surface area contributed by atoms with Crippen molar-refractivity contribution in [1.82, 2.24) is 19.4 Å². The van der Waals surface area contributed by atoms with Gasteiger partial charge in [0.1, 0.15) is 11.9 Å². The van der Waals surface area contributed by atoms with E-state index < -0.39 is 6.23 Å². The van der Waals surface area contributed by atoms with Crippen molar-refractivity contribution >= 4 is 24.0 Å². The number of imide groups is 1. The van der Waals surface area contributed by atoms with Gasteiger partial charge < -0.3 is 19.8 Å². The van der Waals surface area contributed by atoms with Crippen LogP contribution in [0, 0.1) is 0 Å². The first-order valence-electron chi connectivity index (χ1n) is 9.84. The summed E-state index contributed by atoms with van der Waals surface area (Å²) in [4.78, 5) is 36.4. The summed E-state index contributed by atoms with van der Waals surface area (Å²) in [5, 5.41) is 20.0. The van der Waals surface area contributed by atoms with Crippen LogP contribution in [0.2, 0.25) is 0 Å². The molecule has 10 nitrogen and oxygen atoms in total. The van der Waals surface area contributed by atoms with Crippen LogP contribution in [0.15, 0.2) is 35.6 Å². The van der Waals surface area contributed by atoms with Gasteiger partial charge in [0.2, 0.25) is 0 Å². The number of hydrogen-bond donors (Lipinski definition) is 2. The lowest BCUT2D eigenvalue weighted by Crippen LogP contribution is -2.40. The molecule has 1 aromatic heterocycles. The highest BCUT2D eigenvalue weighted by atomic mass is 16.5. The maximum Gasteiger partial charge on any atom is 0.261 e. The van der Waals surface area contributed by atoms with Crippen molar-refractivity contribution in [3.05, 3.63) is 47.4 Å². The number of hydrogen-bond acceptors (Lipinski definition) is 8. The number of carbonyl (C=O) groups excluding carboxylic acids is 2. The molecule has 1 unspecified atom stereocenters. The lowest BCUT2D eigenvalue weighted by Gasteiger charge is -2.29. The topological polar surface area (TPSA) is 120 Å². The van der Waals surface area contributed by atoms with E-state index in [0.29, 0.717) is 22.6 Å². The molecule has 4 heterocycles. The Kier molecular flexibility index (Phi) is 4.61. The lowest BCUT2D eigenvalue weighted by atomic mass is 10.1. The normalized spacial score (nSPS) is 25.2. The third-order valence-electron chi connectivity index (χ3n) is 5.74. The molecule has 0 spiro atoms. The van der Waals surface area contributed by atoms with Crippen LogP contribution >= 0.6 is 0 Å². The summed E-state index contributed by atoms with van der Waals surface area (Å²) in [6.45, 7) is 0.301. The van der Waals surface area contributed by atoms with E-state index in [9.17, 15) is 19.8 Å². The zero-order valence-corrected chi connectivity index (χ0v) is 16.1. The number of imidazole rings is 1. The number of rotatable bonds is 5. The monoisotopic (exact) mass is 411 g/mol. The first-order valence-corrected chi connectivity index (χ1v) is 9.84. The molecule has 2 amide bonds. The van der Waals surface area contributed by atoms with E-state index in [4.69, 9.17) is 4.74 Å². The molecule has 10 heteroatoms. The van der Waals surface area contributed by atoms with Gasteiger partial charge in [-0.1, -0.05) is 12.1 Å². The molecule has 0 bridgehead atoms. The SMILES string of the molecule is O=C1c2ccccc2C(=O)N1CCN1C=Nc2c(ncn2[C@H]2CC[C@@H](CO)O2)C1O. The summed E-state index contributed by atoms with van der Waals surface area (Å²) < 4.78 is 7.53. The van der Waals surface area contributed by atoms with E-state index in [1.807, 2.05) is 0 Å². The zero-order chi connectivity index (χ0) is 20.8. The van der Waals surface area contributed by atoms with E-state index in [1.54, 1.807) is 35.2 Å². The number of aromatic nitrogens is 2. The number of fused-ring (bicyclic) bond motifs is 2. The third-order valence-corrected chi connectivity index (χ3v) is 5.74. The number of nitrogens with zero attached hydrogens (tertiary/aromatic N) is 5. The largest absolute Gasteiger partial charge is 0.394 e. The number of ether oxygens (including phenoxy) is 1. The minimum Gasteiger partial charge on any atom is -0.394 e. The lowest BCUT2D eigenvalue weighted by molar-refractivity contribution is -0.0219. The summed E-state index contributed by atoms with van der Waals surface area (Å²) in [6, 6.07) is 6.72. The molecule has 1 fully saturated rings. The zero-order valence-electron chi connectivity index (χ0n) is 16.1. The Bertz CT molecular complexity index is 999. The number of aliphatic hydroxyl groups excluding tert-OH is 2. The van der Waals surface area contributed by atoms with Gasteiger partial charge in [0.25, 0.3) is 11.8 Å². The van der Waals surface area contributed by atoms with Crippen molar-refractivity contribution in [3.63, 3.8) is 0 Å². The standard InChI is InChI=1S/C20H21N5O5/c26-9-12-5-6-15(30-12)25-11-21-16-17(25)22-10-23(20(16)29)7-8-24-18(27)13-3-1-2-4-14(13)19(24)28/h1-4,10-12,15,20,26,29H,5-9H2/t12-,15+,20?/m0/s1. The van der Waals surface area contributed by atoms with Crippen molar-refractivity contribution in [2.24, 2.45) is 4.99 Å². The molecule has 156 valence electrons. The van der Waals surface area contributed by atoms with Gasteiger partial charge >= 0.3 is 0 Å². The van der Waals surface area contributed by atoms with Crippen LogP contribution in [0.3, 0.4) is 0 Å². The summed E-state index contributed by atoms with van der Waals surface area (Å²) >= 11 is 0. The molecule has 5 rings (SSSR count). The highest BCUT2D eigenvalue weighted by Crippen LogP contribution is 2.37.